The van der Waals surface area contributed by atoms with E-state index in [-0.39, 0.29) is 10.6 Å². The molecule has 0 radical (unpaired) electrons. The minimum atomic E-state index is -0.583. The summed E-state index contributed by atoms with van der Waals surface area (Å²) in [5.41, 5.74) is 1.90. The third-order valence-corrected chi connectivity index (χ3v) is 6.63. The maximum atomic E-state index is 12.6. The topological polar surface area (TPSA) is 58.6 Å². The van der Waals surface area contributed by atoms with Crippen LogP contribution in [0.25, 0.3) is 16.5 Å². The zero-order valence-corrected chi connectivity index (χ0v) is 19.4. The zero-order valence-electron chi connectivity index (χ0n) is 17.8. The molecule has 1 fully saturated rings. The normalized spacial score (nSPS) is 14.9. The van der Waals surface area contributed by atoms with Gasteiger partial charge in [-0.15, -0.1) is 11.3 Å². The Morgan fingerprint density at radius 1 is 0.794 bits per heavy atom. The average Bonchev–Trinajstić information content (AvgIpc) is 3.33. The first-order valence-corrected chi connectivity index (χ1v) is 11.7. The highest BCUT2D eigenvalue weighted by Crippen LogP contribution is 2.31. The van der Waals surface area contributed by atoms with Gasteiger partial charge in [0, 0.05) is 9.75 Å². The molecule has 4 aromatic rings. The molecule has 3 amide bonds. The van der Waals surface area contributed by atoms with Crippen LogP contribution in [0.2, 0.25) is 0 Å². The summed E-state index contributed by atoms with van der Waals surface area (Å²) in [5, 5.41) is 2.39. The summed E-state index contributed by atoms with van der Waals surface area (Å²) in [6.45, 7) is 0. The lowest BCUT2D eigenvalue weighted by Gasteiger charge is -2.29. The number of amides is 3. The van der Waals surface area contributed by atoms with Crippen LogP contribution in [0.4, 0.5) is 10.5 Å². The lowest BCUT2D eigenvalue weighted by Crippen LogP contribution is -2.53. The van der Waals surface area contributed by atoms with Gasteiger partial charge in [0.05, 0.1) is 11.3 Å². The summed E-state index contributed by atoms with van der Waals surface area (Å²) in [7, 11) is 0. The molecule has 34 heavy (non-hydrogen) atoms. The summed E-state index contributed by atoms with van der Waals surface area (Å²) in [6.07, 6.45) is 1.72. The molecule has 0 bridgehead atoms. The number of benzene rings is 3. The van der Waals surface area contributed by atoms with Gasteiger partial charge >= 0.3 is 6.03 Å². The third-order valence-electron chi connectivity index (χ3n) is 5.15. The van der Waals surface area contributed by atoms with E-state index in [0.717, 1.165) is 15.3 Å². The van der Waals surface area contributed by atoms with E-state index in [0.29, 0.717) is 17.2 Å². The molecule has 166 valence electrons. The molecule has 2 heterocycles. The number of nitrogens with one attached hydrogen (secondary N) is 1. The van der Waals surface area contributed by atoms with Crippen molar-refractivity contribution in [3.8, 4) is 21.9 Å². The quantitative estimate of drug-likeness (QED) is 0.255. The Bertz CT molecular complexity index is 1390. The molecular formula is C27H18N2O3S2. The molecule has 0 unspecified atom stereocenters. The Morgan fingerprint density at radius 2 is 1.44 bits per heavy atom. The number of hydrogen-bond donors (Lipinski definition) is 1. The monoisotopic (exact) mass is 482 g/mol. The molecule has 3 aromatic carbocycles. The second-order valence-electron chi connectivity index (χ2n) is 7.43. The van der Waals surface area contributed by atoms with Crippen molar-refractivity contribution in [2.75, 3.05) is 4.90 Å². The molecular weight excluding hydrogens is 464 g/mol. The van der Waals surface area contributed by atoms with E-state index in [9.17, 15) is 9.59 Å². The van der Waals surface area contributed by atoms with Crippen LogP contribution in [-0.2, 0) is 4.79 Å². The summed E-state index contributed by atoms with van der Waals surface area (Å²) in [4.78, 5) is 28.7. The molecule has 5 nitrogen and oxygen atoms in total. The van der Waals surface area contributed by atoms with E-state index in [1.54, 1.807) is 41.7 Å². The number of para-hydroxylation sites is 1. The number of hydrogen-bond acceptors (Lipinski definition) is 5. The molecule has 0 aliphatic carbocycles. The van der Waals surface area contributed by atoms with Crippen molar-refractivity contribution < 1.29 is 14.3 Å². The molecule has 1 saturated heterocycles. The van der Waals surface area contributed by atoms with Crippen LogP contribution in [0.3, 0.4) is 0 Å². The lowest BCUT2D eigenvalue weighted by molar-refractivity contribution is -0.116. The highest BCUT2D eigenvalue weighted by Gasteiger charge is 2.33. The van der Waals surface area contributed by atoms with Crippen molar-refractivity contribution in [1.29, 1.82) is 0 Å². The first-order valence-electron chi connectivity index (χ1n) is 10.5. The van der Waals surface area contributed by atoms with Crippen LogP contribution in [0.5, 0.6) is 11.5 Å². The fraction of sp³-hybridized carbons (Fsp3) is 0. The second kappa shape index (κ2) is 9.43. The number of carbonyl (C=O) groups excluding carboxylic acids is 2. The van der Waals surface area contributed by atoms with Crippen molar-refractivity contribution >= 4 is 52.2 Å². The largest absolute Gasteiger partial charge is 0.457 e. The number of imide groups is 1. The molecule has 5 rings (SSSR count). The lowest BCUT2D eigenvalue weighted by atomic mass is 10.1. The Kier molecular flexibility index (Phi) is 6.03. The molecule has 1 aliphatic heterocycles. The number of nitrogens with zero attached hydrogens (tertiary/aromatic N) is 1. The first-order chi connectivity index (χ1) is 16.6. The van der Waals surface area contributed by atoms with Gasteiger partial charge in [0.1, 0.15) is 16.5 Å². The van der Waals surface area contributed by atoms with Gasteiger partial charge in [0.15, 0.2) is 0 Å². The van der Waals surface area contributed by atoms with Crippen LogP contribution in [0.15, 0.2) is 103 Å². The Balaban J connectivity index is 1.39. The summed E-state index contributed by atoms with van der Waals surface area (Å²) >= 11 is 7.12. The van der Waals surface area contributed by atoms with Crippen molar-refractivity contribution in [2.24, 2.45) is 0 Å². The van der Waals surface area contributed by atoms with Crippen LogP contribution in [0.1, 0.15) is 4.88 Å². The van der Waals surface area contributed by atoms with Crippen molar-refractivity contribution in [3.63, 3.8) is 0 Å². The minimum Gasteiger partial charge on any atom is -0.457 e. The Labute approximate surface area is 205 Å². The van der Waals surface area contributed by atoms with Crippen LogP contribution >= 0.6 is 23.6 Å². The minimum absolute atomic E-state index is 0.153. The number of thiophene rings is 1. The maximum Gasteiger partial charge on any atom is 0.334 e. The number of thiocarbonyl (C=S) groups is 1. The molecule has 7 heteroatoms. The van der Waals surface area contributed by atoms with Gasteiger partial charge in [-0.3, -0.25) is 15.0 Å². The van der Waals surface area contributed by atoms with E-state index in [1.807, 2.05) is 72.8 Å². The van der Waals surface area contributed by atoms with Gasteiger partial charge in [-0.25, -0.2) is 4.79 Å². The molecule has 1 aromatic heterocycles. The van der Waals surface area contributed by atoms with Gasteiger partial charge in [-0.05, 0) is 60.2 Å². The van der Waals surface area contributed by atoms with Gasteiger partial charge in [-0.2, -0.15) is 0 Å². The van der Waals surface area contributed by atoms with Gasteiger partial charge in [-0.1, -0.05) is 60.7 Å². The van der Waals surface area contributed by atoms with E-state index in [1.165, 1.54) is 4.90 Å². The second-order valence-corrected chi connectivity index (χ2v) is 8.94. The van der Waals surface area contributed by atoms with Gasteiger partial charge in [0.25, 0.3) is 5.91 Å². The van der Waals surface area contributed by atoms with E-state index in [2.05, 4.69) is 5.32 Å². The molecule has 0 spiro atoms. The number of carbonyl (C=O) groups is 2. The summed E-state index contributed by atoms with van der Waals surface area (Å²) in [6, 6.07) is 29.7. The standard InChI is InChI=1S/C27H18N2O3S2/c30-25-23(17-22-15-16-24(34-22)18-7-3-1-4-8-18)26(33)29(27(31)28-25)19-11-13-21(14-12-19)32-20-9-5-2-6-10-20/h1-17H,(H,28,30,31). The number of urea groups is 1. The maximum absolute atomic E-state index is 12.6. The Morgan fingerprint density at radius 3 is 2.15 bits per heavy atom. The van der Waals surface area contributed by atoms with Crippen LogP contribution in [-0.4, -0.2) is 16.9 Å². The molecule has 1 aliphatic rings. The van der Waals surface area contributed by atoms with E-state index in [4.69, 9.17) is 17.0 Å². The highest BCUT2D eigenvalue weighted by atomic mass is 32.1. The van der Waals surface area contributed by atoms with Crippen molar-refractivity contribution in [1.82, 2.24) is 5.32 Å². The predicted molar refractivity (Wildman–Crippen MR) is 139 cm³/mol. The summed E-state index contributed by atoms with van der Waals surface area (Å²) in [5.74, 6) is 0.824. The Hall–Kier alpha value is -4.07. The first kappa shape index (κ1) is 21.8. The van der Waals surface area contributed by atoms with Gasteiger partial charge in [0.2, 0.25) is 0 Å². The van der Waals surface area contributed by atoms with E-state index >= 15 is 0 Å². The fourth-order valence-corrected chi connectivity index (χ4v) is 4.81. The van der Waals surface area contributed by atoms with Crippen molar-refractivity contribution in [2.45, 2.75) is 0 Å². The van der Waals surface area contributed by atoms with Crippen LogP contribution in [0, 0.1) is 0 Å². The predicted octanol–water partition coefficient (Wildman–Crippen LogP) is 6.67. The van der Waals surface area contributed by atoms with Crippen molar-refractivity contribution in [3.05, 3.63) is 108 Å². The molecule has 0 saturated carbocycles. The third kappa shape index (κ3) is 4.52. The highest BCUT2D eigenvalue weighted by molar-refractivity contribution is 7.81. The molecule has 1 N–H and O–H groups in total. The SMILES string of the molecule is O=C1NC(=O)N(c2ccc(Oc3ccccc3)cc2)C(=S)C1=Cc1ccc(-c2ccccc2)s1. The van der Waals surface area contributed by atoms with Gasteiger partial charge < -0.3 is 4.74 Å². The number of anilines is 1. The molecule has 0 atom stereocenters. The number of rotatable bonds is 5. The zero-order chi connectivity index (χ0) is 23.5. The summed E-state index contributed by atoms with van der Waals surface area (Å²) < 4.78 is 5.81. The fourth-order valence-electron chi connectivity index (χ4n) is 3.51. The van der Waals surface area contributed by atoms with Crippen LogP contribution < -0.4 is 15.0 Å². The smallest absolute Gasteiger partial charge is 0.334 e. The average molecular weight is 483 g/mol. The van der Waals surface area contributed by atoms with E-state index < -0.39 is 11.9 Å². The number of ether oxygens (including phenoxy) is 1.